The van der Waals surface area contributed by atoms with Crippen LogP contribution in [0, 0.1) is 0 Å². The van der Waals surface area contributed by atoms with Gasteiger partial charge in [-0.05, 0) is 25.1 Å². The highest BCUT2D eigenvalue weighted by Gasteiger charge is 2.22. The van der Waals surface area contributed by atoms with E-state index in [1.54, 1.807) is 13.3 Å². The number of carbonyl (C=O) groups is 2. The zero-order valence-electron chi connectivity index (χ0n) is 12.0. The molecule has 1 aromatic heterocycles. The van der Waals surface area contributed by atoms with E-state index in [9.17, 15) is 9.59 Å². The molecule has 0 spiro atoms. The van der Waals surface area contributed by atoms with Crippen molar-refractivity contribution in [1.82, 2.24) is 19.8 Å². The second-order valence-electron chi connectivity index (χ2n) is 5.40. The molecule has 21 heavy (non-hydrogen) atoms. The number of ketones is 1. The fourth-order valence-electron chi connectivity index (χ4n) is 2.68. The Morgan fingerprint density at radius 3 is 2.71 bits per heavy atom. The maximum absolute atomic E-state index is 12.5. The minimum absolute atomic E-state index is 0.0361. The standard InChI is InChI=1S/C15H18N4O2/c1-11(20)9-18-4-6-19(7-5-18)15(21)12-2-3-13-14(8-12)17-10-16-13/h2-3,8,10H,4-7,9H2,1H3,(H,16,17). The van der Waals surface area contributed by atoms with Gasteiger partial charge in [0.15, 0.2) is 0 Å². The quantitative estimate of drug-likeness (QED) is 0.910. The van der Waals surface area contributed by atoms with Gasteiger partial charge < -0.3 is 9.88 Å². The van der Waals surface area contributed by atoms with Gasteiger partial charge in [0.25, 0.3) is 5.91 Å². The van der Waals surface area contributed by atoms with Gasteiger partial charge in [-0.2, -0.15) is 0 Å². The Morgan fingerprint density at radius 1 is 1.24 bits per heavy atom. The van der Waals surface area contributed by atoms with Crippen LogP contribution in [0.25, 0.3) is 11.0 Å². The molecule has 0 aliphatic carbocycles. The molecule has 0 saturated carbocycles. The van der Waals surface area contributed by atoms with Crippen LogP contribution in [-0.4, -0.2) is 64.2 Å². The van der Waals surface area contributed by atoms with Crippen molar-refractivity contribution < 1.29 is 9.59 Å². The average Bonchev–Trinajstić information content (AvgIpc) is 2.94. The highest BCUT2D eigenvalue weighted by atomic mass is 16.2. The number of aromatic amines is 1. The van der Waals surface area contributed by atoms with Crippen molar-refractivity contribution in [2.45, 2.75) is 6.92 Å². The van der Waals surface area contributed by atoms with Crippen molar-refractivity contribution in [2.75, 3.05) is 32.7 Å². The summed E-state index contributed by atoms with van der Waals surface area (Å²) in [7, 11) is 0. The molecular weight excluding hydrogens is 268 g/mol. The van der Waals surface area contributed by atoms with Crippen LogP contribution in [0.15, 0.2) is 24.5 Å². The lowest BCUT2D eigenvalue weighted by Gasteiger charge is -2.34. The molecule has 0 radical (unpaired) electrons. The maximum Gasteiger partial charge on any atom is 0.254 e. The minimum Gasteiger partial charge on any atom is -0.345 e. The molecule has 3 rings (SSSR count). The fourth-order valence-corrected chi connectivity index (χ4v) is 2.68. The molecule has 0 unspecified atom stereocenters. The second-order valence-corrected chi connectivity index (χ2v) is 5.40. The number of H-pyrrole nitrogens is 1. The summed E-state index contributed by atoms with van der Waals surface area (Å²) in [6.07, 6.45) is 1.62. The van der Waals surface area contributed by atoms with E-state index in [4.69, 9.17) is 0 Å². The van der Waals surface area contributed by atoms with E-state index in [0.717, 1.165) is 24.1 Å². The van der Waals surface area contributed by atoms with Crippen LogP contribution in [0.2, 0.25) is 0 Å². The number of hydrogen-bond acceptors (Lipinski definition) is 4. The molecule has 1 fully saturated rings. The van der Waals surface area contributed by atoms with Crippen molar-refractivity contribution >= 4 is 22.7 Å². The largest absolute Gasteiger partial charge is 0.345 e. The van der Waals surface area contributed by atoms with Gasteiger partial charge in [0, 0.05) is 31.7 Å². The number of hydrogen-bond donors (Lipinski definition) is 1. The summed E-state index contributed by atoms with van der Waals surface area (Å²) >= 11 is 0. The monoisotopic (exact) mass is 286 g/mol. The first-order chi connectivity index (χ1) is 10.1. The van der Waals surface area contributed by atoms with Crippen LogP contribution in [0.5, 0.6) is 0 Å². The van der Waals surface area contributed by atoms with Gasteiger partial charge in [0.05, 0.1) is 23.9 Å². The maximum atomic E-state index is 12.5. The van der Waals surface area contributed by atoms with Gasteiger partial charge in [-0.3, -0.25) is 14.5 Å². The zero-order chi connectivity index (χ0) is 14.8. The van der Waals surface area contributed by atoms with E-state index < -0.39 is 0 Å². The predicted octanol–water partition coefficient (Wildman–Crippen LogP) is 0.910. The molecule has 2 heterocycles. The third kappa shape index (κ3) is 2.95. The SMILES string of the molecule is CC(=O)CN1CCN(C(=O)c2ccc3nc[nH]c3c2)CC1. The van der Waals surface area contributed by atoms with Crippen LogP contribution < -0.4 is 0 Å². The summed E-state index contributed by atoms with van der Waals surface area (Å²) in [5, 5.41) is 0. The first kappa shape index (κ1) is 13.8. The number of nitrogens with one attached hydrogen (secondary N) is 1. The third-order valence-corrected chi connectivity index (χ3v) is 3.77. The van der Waals surface area contributed by atoms with E-state index in [2.05, 4.69) is 14.9 Å². The van der Waals surface area contributed by atoms with Crippen molar-refractivity contribution in [1.29, 1.82) is 0 Å². The topological polar surface area (TPSA) is 69.3 Å². The Kier molecular flexibility index (Phi) is 3.70. The molecule has 1 N–H and O–H groups in total. The average molecular weight is 286 g/mol. The van der Waals surface area contributed by atoms with E-state index in [1.165, 1.54) is 0 Å². The van der Waals surface area contributed by atoms with Crippen LogP contribution >= 0.6 is 0 Å². The smallest absolute Gasteiger partial charge is 0.254 e. The van der Waals surface area contributed by atoms with E-state index in [-0.39, 0.29) is 11.7 Å². The van der Waals surface area contributed by atoms with Crippen LogP contribution in [0.1, 0.15) is 17.3 Å². The molecule has 1 aliphatic heterocycles. The van der Waals surface area contributed by atoms with Gasteiger partial charge in [-0.15, -0.1) is 0 Å². The van der Waals surface area contributed by atoms with Crippen LogP contribution in [-0.2, 0) is 4.79 Å². The lowest BCUT2D eigenvalue weighted by atomic mass is 10.1. The predicted molar refractivity (Wildman–Crippen MR) is 79.1 cm³/mol. The summed E-state index contributed by atoms with van der Waals surface area (Å²) in [5.41, 5.74) is 2.40. The fraction of sp³-hybridized carbons (Fsp3) is 0.400. The molecule has 0 atom stereocenters. The number of imidazole rings is 1. The van der Waals surface area contributed by atoms with Crippen molar-refractivity contribution in [3.8, 4) is 0 Å². The first-order valence-corrected chi connectivity index (χ1v) is 7.08. The second kappa shape index (κ2) is 5.65. The summed E-state index contributed by atoms with van der Waals surface area (Å²) in [4.78, 5) is 34.7. The van der Waals surface area contributed by atoms with Crippen molar-refractivity contribution in [3.05, 3.63) is 30.1 Å². The van der Waals surface area contributed by atoms with Crippen LogP contribution in [0.3, 0.4) is 0 Å². The molecule has 1 amide bonds. The Morgan fingerprint density at radius 2 is 2.00 bits per heavy atom. The number of nitrogens with zero attached hydrogens (tertiary/aromatic N) is 3. The first-order valence-electron chi connectivity index (χ1n) is 7.08. The third-order valence-electron chi connectivity index (χ3n) is 3.77. The molecule has 110 valence electrons. The number of fused-ring (bicyclic) bond motifs is 1. The number of carbonyl (C=O) groups excluding carboxylic acids is 2. The molecule has 6 heteroatoms. The van der Waals surface area contributed by atoms with E-state index in [1.807, 2.05) is 23.1 Å². The Bertz CT molecular complexity index is 671. The number of piperazine rings is 1. The number of rotatable bonds is 3. The van der Waals surface area contributed by atoms with Crippen molar-refractivity contribution in [2.24, 2.45) is 0 Å². The molecule has 1 aromatic carbocycles. The van der Waals surface area contributed by atoms with Gasteiger partial charge in [-0.25, -0.2) is 4.98 Å². The normalized spacial score (nSPS) is 16.3. The number of benzene rings is 1. The highest BCUT2D eigenvalue weighted by molar-refractivity contribution is 5.97. The van der Waals surface area contributed by atoms with Gasteiger partial charge in [0.2, 0.25) is 0 Å². The van der Waals surface area contributed by atoms with E-state index in [0.29, 0.717) is 25.2 Å². The number of aromatic nitrogens is 2. The molecule has 6 nitrogen and oxygen atoms in total. The summed E-state index contributed by atoms with van der Waals surface area (Å²) in [6.45, 7) is 4.88. The Balaban J connectivity index is 1.67. The van der Waals surface area contributed by atoms with Crippen LogP contribution in [0.4, 0.5) is 0 Å². The summed E-state index contributed by atoms with van der Waals surface area (Å²) in [5.74, 6) is 0.202. The summed E-state index contributed by atoms with van der Waals surface area (Å²) in [6, 6.07) is 5.51. The zero-order valence-corrected chi connectivity index (χ0v) is 12.0. The van der Waals surface area contributed by atoms with Gasteiger partial charge in [0.1, 0.15) is 5.78 Å². The lowest BCUT2D eigenvalue weighted by molar-refractivity contribution is -0.118. The number of Topliss-reactive ketones (excluding diaryl/α,β-unsaturated/α-hetero) is 1. The molecule has 0 bridgehead atoms. The minimum atomic E-state index is 0.0361. The van der Waals surface area contributed by atoms with Gasteiger partial charge in [-0.1, -0.05) is 0 Å². The van der Waals surface area contributed by atoms with Crippen molar-refractivity contribution in [3.63, 3.8) is 0 Å². The highest BCUT2D eigenvalue weighted by Crippen LogP contribution is 2.14. The molecule has 1 aliphatic rings. The summed E-state index contributed by atoms with van der Waals surface area (Å²) < 4.78 is 0. The molecule has 1 saturated heterocycles. The molecular formula is C15H18N4O2. The lowest BCUT2D eigenvalue weighted by Crippen LogP contribution is -2.49. The van der Waals surface area contributed by atoms with Gasteiger partial charge >= 0.3 is 0 Å². The van der Waals surface area contributed by atoms with E-state index >= 15 is 0 Å². The number of amides is 1. The molecule has 2 aromatic rings. The Hall–Kier alpha value is -2.21. The Labute approximate surface area is 122 Å².